The van der Waals surface area contributed by atoms with Crippen LogP contribution < -0.4 is 76.7 Å². The number of benzene rings is 8. The first kappa shape index (κ1) is 94.9. The molecule has 42 nitrogen and oxygen atoms in total. The molecule has 3 saturated heterocycles. The van der Waals surface area contributed by atoms with Crippen LogP contribution in [0.5, 0.6) is 74.7 Å². The van der Waals surface area contributed by atoms with E-state index in [1.807, 2.05) is 0 Å². The van der Waals surface area contributed by atoms with Gasteiger partial charge in [0.25, 0.3) is 0 Å². The van der Waals surface area contributed by atoms with Gasteiger partial charge in [-0.15, -0.1) is 13.2 Å². The van der Waals surface area contributed by atoms with E-state index in [2.05, 4.69) is 47.3 Å². The molecule has 8 aromatic rings. The van der Waals surface area contributed by atoms with Crippen molar-refractivity contribution in [2.24, 2.45) is 5.73 Å². The smallest absolute Gasteiger partial charge is 0.508 e. The summed E-state index contributed by atoms with van der Waals surface area (Å²) >= 11 is 14.7. The van der Waals surface area contributed by atoms with Crippen LogP contribution in [0, 0.1) is 0 Å². The average Bonchev–Trinajstić information content (AvgIpc) is 0.760. The summed E-state index contributed by atoms with van der Waals surface area (Å²) in [6.45, 7) is -2.69. The lowest BCUT2D eigenvalue weighted by Gasteiger charge is -2.44. The van der Waals surface area contributed by atoms with E-state index in [0.717, 1.165) is 104 Å². The van der Waals surface area contributed by atoms with Crippen molar-refractivity contribution in [3.63, 3.8) is 0 Å². The highest BCUT2D eigenvalue weighted by Gasteiger charge is 2.52. The van der Waals surface area contributed by atoms with Crippen LogP contribution in [-0.4, -0.2) is 254 Å². The van der Waals surface area contributed by atoms with E-state index in [0.29, 0.717) is 0 Å². The largest absolute Gasteiger partial charge is 0.573 e. The first-order valence-corrected chi connectivity index (χ1v) is 41.3. The molecule has 8 aromatic carbocycles. The molecule has 3 fully saturated rings. The van der Waals surface area contributed by atoms with Crippen molar-refractivity contribution in [3.05, 3.63) is 194 Å². The standard InChI is InChI=1S/C86H84Cl2F3N9O33/c1-30(104)94-65-71(113)68(110)56(28-102)129-84(65)131-74-35-7-13-50(45(88)19-35)126-54-22-37-21-53(75(54)132-83-64(70(112)67(109)55(27-101)128-83)93-26-31-2-8-40(9-3-31)133-86(89,90)91)125-49-12-4-32(14-44(49)87)15-46-76(116)96-61(36-16-38(105)23-41(17-36)124-51-20-33(5-11-48(51)108)59(92)77(117)95-46)79(119)98-62(37)80(120)97-60-34-6-10-47(107)42(18-34)58-43(63(82(122)123)99-81(121)66(74)100-78(60)118)24-39(106)25-52(58)127-85-73(115)72(114)69(111)57(29-103)130-85/h2-14,16-25,46,55-57,59-74,83-85,93,101-103,105-115H,15,26-29,92H2,1H3,(H,94,104)(H,95,117)(H,96,116)(H,97,120)(H,98,119)(H,99,121)(H,100,118)(H,122,123)/t46-,55-,56-,57-,59-,60-,61+,62-,63+,64-,65-,66+,67-,68-,69-,70-,71-,72+,73+,74-,83+,84+,85+/m1/s1. The number of carboxylic acids is 1. The predicted molar refractivity (Wildman–Crippen MR) is 442 cm³/mol. The molecule has 9 heterocycles. The highest BCUT2D eigenvalue weighted by Crippen LogP contribution is 2.51. The Morgan fingerprint density at radius 3 is 1.69 bits per heavy atom. The van der Waals surface area contributed by atoms with Gasteiger partial charge in [-0.25, -0.2) is 4.79 Å². The van der Waals surface area contributed by atoms with Crippen LogP contribution in [0.15, 0.2) is 140 Å². The third-order valence-corrected chi connectivity index (χ3v) is 23.4. The number of alkyl halides is 3. The summed E-state index contributed by atoms with van der Waals surface area (Å²) in [5.74, 6) is -20.1. The molecule has 7 amide bonds. The van der Waals surface area contributed by atoms with E-state index in [1.165, 1.54) is 42.5 Å². The van der Waals surface area contributed by atoms with Crippen LogP contribution in [0.3, 0.4) is 0 Å². The lowest BCUT2D eigenvalue weighted by Crippen LogP contribution is -2.65. The summed E-state index contributed by atoms with van der Waals surface area (Å²) < 4.78 is 102. The fraction of sp³-hybridized carbons (Fsp3) is 0.349. The van der Waals surface area contributed by atoms with Crippen molar-refractivity contribution < 1.29 is 175 Å². The lowest BCUT2D eigenvalue weighted by atomic mass is 9.89. The number of carboxylic acid groups (broad SMARTS) is 1. The number of hydrogen-bond acceptors (Lipinski definition) is 34. The number of ether oxygens (including phenoxy) is 10. The number of fused-ring (bicyclic) bond motifs is 14. The van der Waals surface area contributed by atoms with Crippen molar-refractivity contribution in [3.8, 4) is 85.9 Å². The molecule has 0 aromatic heterocycles. The third kappa shape index (κ3) is 20.1. The minimum absolute atomic E-state index is 0.00395. The van der Waals surface area contributed by atoms with Crippen molar-refractivity contribution in [1.82, 2.24) is 42.5 Å². The second kappa shape index (κ2) is 38.8. The molecule has 25 N–H and O–H groups in total. The molecule has 47 heteroatoms. The molecular weight excluding hydrogens is 1810 g/mol. The molecule has 17 bridgehead atoms. The molecule has 23 atom stereocenters. The zero-order valence-corrected chi connectivity index (χ0v) is 70.1. The van der Waals surface area contributed by atoms with Crippen molar-refractivity contribution >= 4 is 70.5 Å². The topological polar surface area (TPSA) is 655 Å². The number of aromatic hydroxyl groups is 4. The monoisotopic (exact) mass is 1900 g/mol. The lowest BCUT2D eigenvalue weighted by molar-refractivity contribution is -0.284. The highest BCUT2D eigenvalue weighted by atomic mass is 35.5. The van der Waals surface area contributed by atoms with Gasteiger partial charge in [0.15, 0.2) is 35.3 Å². The maximum absolute atomic E-state index is 17.0. The summed E-state index contributed by atoms with van der Waals surface area (Å²) in [5.41, 5.74) is 2.70. The van der Waals surface area contributed by atoms with Crippen LogP contribution in [0.4, 0.5) is 13.2 Å². The number of aliphatic carboxylic acids is 1. The molecule has 0 radical (unpaired) electrons. The van der Waals surface area contributed by atoms with Gasteiger partial charge in [-0.1, -0.05) is 59.6 Å². The first-order valence-electron chi connectivity index (χ1n) is 40.6. The molecule has 0 aliphatic carbocycles. The fourth-order valence-corrected chi connectivity index (χ4v) is 16.6. The maximum Gasteiger partial charge on any atom is 0.573 e. The summed E-state index contributed by atoms with van der Waals surface area (Å²) in [7, 11) is 0. The van der Waals surface area contributed by atoms with Gasteiger partial charge < -0.3 is 172 Å². The van der Waals surface area contributed by atoms with Crippen molar-refractivity contribution in [1.29, 1.82) is 0 Å². The predicted octanol–water partition coefficient (Wildman–Crippen LogP) is 0.595. The number of phenols is 4. The van der Waals surface area contributed by atoms with Gasteiger partial charge in [0.1, 0.15) is 155 Å². The van der Waals surface area contributed by atoms with Crippen LogP contribution in [0.2, 0.25) is 10.0 Å². The van der Waals surface area contributed by atoms with Crippen LogP contribution in [0.25, 0.3) is 11.1 Å². The van der Waals surface area contributed by atoms with Gasteiger partial charge in [0.05, 0.1) is 35.9 Å². The van der Waals surface area contributed by atoms with E-state index >= 15 is 24.0 Å². The first-order chi connectivity index (χ1) is 63.2. The van der Waals surface area contributed by atoms with Crippen LogP contribution in [-0.2, 0) is 70.3 Å². The number of rotatable bonds is 15. The Bertz CT molecular complexity index is 5830. The molecule has 706 valence electrons. The quantitative estimate of drug-likeness (QED) is 0.0668. The number of amides is 7. The number of phenolic OH excluding ortho intramolecular Hbond substituents is 4. The summed E-state index contributed by atoms with van der Waals surface area (Å²) in [6, 6.07) is 4.23. The van der Waals surface area contributed by atoms with Gasteiger partial charge in [-0.2, -0.15) is 0 Å². The Labute approximate surface area is 757 Å². The SMILES string of the molecule is CC(=O)N[C@H]1[C@H](O[C@@H]2c3ccc(c(Cl)c3)Oc3cc4cc(c3O[C@@H]3O[C@H](CO)[C@@H](O)[C@H](O)[C@H]3NCc3ccc(OC(F)(F)F)cc3)Oc3ccc(cc3Cl)C[C@H]3NC(=O)[C@H](N)c5ccc(O)c(c5)Oc5cc(O)cc(c5)[C@H](NC3=O)C(=O)N[C@H]4C(=O)N[C@H]3C(=O)N[C@@H]2C(=O)N[C@H](C(=O)O)c2cc(O)cc(O[C@H]4O[C@H](CO)[C@@H](O)[C@H](O)[C@@H]4O)c2-c2cc3ccc2O)O[C@H](CO)[C@@H](O)[C@@H]1O. The number of carbonyl (C=O) groups excluding carboxylic acids is 7. The number of halogens is 5. The molecule has 9 aliphatic rings. The van der Waals surface area contributed by atoms with E-state index in [4.69, 9.17) is 71.6 Å². The highest BCUT2D eigenvalue weighted by molar-refractivity contribution is 6.32. The molecule has 133 heavy (non-hydrogen) atoms. The van der Waals surface area contributed by atoms with Crippen LogP contribution >= 0.6 is 23.2 Å². The number of carbonyl (C=O) groups is 8. The minimum Gasteiger partial charge on any atom is -0.508 e. The number of aliphatic hydroxyl groups is 10. The Hall–Kier alpha value is -12.7. The summed E-state index contributed by atoms with van der Waals surface area (Å²) in [6.07, 6.45) is -34.7. The van der Waals surface area contributed by atoms with Crippen molar-refractivity contribution in [2.75, 3.05) is 19.8 Å². The Kier molecular flexibility index (Phi) is 27.7. The number of nitrogens with one attached hydrogen (secondary N) is 8. The Morgan fingerprint density at radius 1 is 0.511 bits per heavy atom. The molecule has 0 saturated carbocycles. The van der Waals surface area contributed by atoms with Crippen LogP contribution in [0.1, 0.15) is 87.7 Å². The Morgan fingerprint density at radius 2 is 1.07 bits per heavy atom. The number of hydrogen-bond donors (Lipinski definition) is 24. The normalized spacial score (nSPS) is 28.9. The molecule has 0 unspecified atom stereocenters. The fourth-order valence-electron chi connectivity index (χ4n) is 16.1. The second-order valence-electron chi connectivity index (χ2n) is 31.8. The van der Waals surface area contributed by atoms with E-state index in [9.17, 15) is 104 Å². The molecule has 17 rings (SSSR count). The third-order valence-electron chi connectivity index (χ3n) is 22.8. The zero-order valence-electron chi connectivity index (χ0n) is 68.6. The van der Waals surface area contributed by atoms with Gasteiger partial charge in [-0.05, 0) is 130 Å². The van der Waals surface area contributed by atoms with E-state index in [1.54, 1.807) is 0 Å². The molecule has 0 spiro atoms. The average molecular weight is 1900 g/mol. The van der Waals surface area contributed by atoms with Gasteiger partial charge >= 0.3 is 12.3 Å². The van der Waals surface area contributed by atoms with E-state index < -0.39 is 328 Å². The van der Waals surface area contributed by atoms with Gasteiger partial charge in [-0.3, -0.25) is 33.6 Å². The number of aliphatic hydroxyl groups excluding tert-OH is 10. The van der Waals surface area contributed by atoms with Gasteiger partial charge in [0, 0.05) is 48.7 Å². The molecule has 9 aliphatic heterocycles. The minimum atomic E-state index is -5.11. The van der Waals surface area contributed by atoms with Crippen molar-refractivity contribution in [2.45, 2.75) is 167 Å². The second-order valence-corrected chi connectivity index (χ2v) is 32.7. The maximum atomic E-state index is 17.0. The van der Waals surface area contributed by atoms with E-state index in [-0.39, 0.29) is 39.0 Å². The van der Waals surface area contributed by atoms with Gasteiger partial charge in [0.2, 0.25) is 59.7 Å². The zero-order chi connectivity index (χ0) is 95.4. The molecular formula is C86H84Cl2F3N9O33. The number of nitrogens with two attached hydrogens (primary N) is 1. The Balaban J connectivity index is 0.993. The summed E-state index contributed by atoms with van der Waals surface area (Å²) in [4.78, 5) is 124. The summed E-state index contributed by atoms with van der Waals surface area (Å²) in [5, 5.41) is 190.